The Hall–Kier alpha value is -1.26. The number of phenols is 1. The minimum atomic E-state index is 0.222. The van der Waals surface area contributed by atoms with Gasteiger partial charge in [0.25, 0.3) is 0 Å². The average Bonchev–Trinajstić information content (AvgIpc) is 2.43. The number of phenolic OH excluding ortho intramolecular Hbond substituents is 1. The maximum atomic E-state index is 9.74. The van der Waals surface area contributed by atoms with Gasteiger partial charge in [-0.15, -0.1) is 0 Å². The molecular formula is C16H26N2O2. The van der Waals surface area contributed by atoms with Gasteiger partial charge in [0.1, 0.15) is 0 Å². The Bertz CT molecular complexity index is 436. The summed E-state index contributed by atoms with van der Waals surface area (Å²) in [5.41, 5.74) is 1.20. The van der Waals surface area contributed by atoms with Crippen molar-refractivity contribution in [3.05, 3.63) is 23.8 Å². The summed E-state index contributed by atoms with van der Waals surface area (Å²) in [6.07, 6.45) is 0. The minimum absolute atomic E-state index is 0.222. The van der Waals surface area contributed by atoms with Crippen LogP contribution in [0.1, 0.15) is 26.3 Å². The first kappa shape index (κ1) is 15.1. The monoisotopic (exact) mass is 278 g/mol. The Morgan fingerprint density at radius 1 is 1.30 bits per heavy atom. The molecule has 1 atom stereocenters. The fraction of sp³-hybridized carbons (Fsp3) is 0.625. The van der Waals surface area contributed by atoms with Gasteiger partial charge in [0.2, 0.25) is 0 Å². The van der Waals surface area contributed by atoms with Gasteiger partial charge in [-0.3, -0.25) is 9.80 Å². The van der Waals surface area contributed by atoms with Gasteiger partial charge in [0.15, 0.2) is 11.5 Å². The average molecular weight is 278 g/mol. The lowest BCUT2D eigenvalue weighted by Gasteiger charge is -2.39. The number of rotatable bonds is 5. The molecule has 1 aromatic rings. The van der Waals surface area contributed by atoms with Crippen LogP contribution in [0.2, 0.25) is 0 Å². The summed E-state index contributed by atoms with van der Waals surface area (Å²) in [6.45, 7) is 12.4. The Balaban J connectivity index is 1.98. The Kier molecular flexibility index (Phi) is 5.26. The van der Waals surface area contributed by atoms with Crippen LogP contribution >= 0.6 is 0 Å². The molecule has 1 fully saturated rings. The number of benzene rings is 1. The van der Waals surface area contributed by atoms with Crippen molar-refractivity contribution in [1.29, 1.82) is 0 Å². The molecule has 4 heteroatoms. The van der Waals surface area contributed by atoms with E-state index >= 15 is 0 Å². The van der Waals surface area contributed by atoms with E-state index in [1.807, 2.05) is 19.1 Å². The number of ether oxygens (including phenoxy) is 1. The minimum Gasteiger partial charge on any atom is -0.504 e. The molecule has 0 saturated carbocycles. The van der Waals surface area contributed by atoms with Crippen molar-refractivity contribution >= 4 is 0 Å². The first-order chi connectivity index (χ1) is 9.63. The third-order valence-electron chi connectivity index (χ3n) is 3.99. The molecule has 2 rings (SSSR count). The van der Waals surface area contributed by atoms with Crippen molar-refractivity contribution in [2.75, 3.05) is 32.8 Å². The molecule has 1 aliphatic rings. The Morgan fingerprint density at radius 2 is 2.10 bits per heavy atom. The second kappa shape index (κ2) is 6.95. The number of hydrogen-bond acceptors (Lipinski definition) is 4. The number of hydrogen-bond donors (Lipinski definition) is 1. The highest BCUT2D eigenvalue weighted by Gasteiger charge is 2.22. The second-order valence-corrected chi connectivity index (χ2v) is 5.45. The predicted molar refractivity (Wildman–Crippen MR) is 81.3 cm³/mol. The fourth-order valence-electron chi connectivity index (χ4n) is 2.87. The van der Waals surface area contributed by atoms with Gasteiger partial charge < -0.3 is 9.84 Å². The van der Waals surface area contributed by atoms with Crippen molar-refractivity contribution in [2.24, 2.45) is 0 Å². The SMILES string of the molecule is CCOc1cc(CN2CCN(CC)C(C)C2)ccc1O. The maximum absolute atomic E-state index is 9.74. The highest BCUT2D eigenvalue weighted by molar-refractivity contribution is 5.41. The number of aromatic hydroxyl groups is 1. The lowest BCUT2D eigenvalue weighted by atomic mass is 10.1. The molecule has 0 aliphatic carbocycles. The first-order valence-electron chi connectivity index (χ1n) is 7.55. The molecule has 1 aromatic carbocycles. The standard InChI is InChI=1S/C16H26N2O2/c1-4-18-9-8-17(11-13(18)3)12-14-6-7-15(19)16(10-14)20-5-2/h6-7,10,13,19H,4-5,8-9,11-12H2,1-3H3. The molecule has 0 bridgehead atoms. The van der Waals surface area contributed by atoms with E-state index in [1.165, 1.54) is 5.56 Å². The van der Waals surface area contributed by atoms with Crippen LogP contribution in [0.15, 0.2) is 18.2 Å². The van der Waals surface area contributed by atoms with Crippen LogP contribution in [-0.2, 0) is 6.54 Å². The van der Waals surface area contributed by atoms with Crippen LogP contribution in [-0.4, -0.2) is 53.7 Å². The number of piperazine rings is 1. The quantitative estimate of drug-likeness (QED) is 0.896. The molecule has 0 aromatic heterocycles. The summed E-state index contributed by atoms with van der Waals surface area (Å²) in [4.78, 5) is 4.98. The van der Waals surface area contributed by atoms with E-state index in [9.17, 15) is 5.11 Å². The molecule has 0 spiro atoms. The molecule has 1 saturated heterocycles. The van der Waals surface area contributed by atoms with Crippen molar-refractivity contribution in [3.8, 4) is 11.5 Å². The fourth-order valence-corrected chi connectivity index (χ4v) is 2.87. The molecule has 1 N–H and O–H groups in total. The number of nitrogens with zero attached hydrogens (tertiary/aromatic N) is 2. The van der Waals surface area contributed by atoms with Crippen molar-refractivity contribution < 1.29 is 9.84 Å². The zero-order chi connectivity index (χ0) is 14.5. The van der Waals surface area contributed by atoms with Crippen LogP contribution in [0.25, 0.3) is 0 Å². The topological polar surface area (TPSA) is 35.9 Å². The molecular weight excluding hydrogens is 252 g/mol. The summed E-state index contributed by atoms with van der Waals surface area (Å²) in [7, 11) is 0. The van der Waals surface area contributed by atoms with E-state index in [-0.39, 0.29) is 5.75 Å². The lowest BCUT2D eigenvalue weighted by molar-refractivity contribution is 0.0834. The van der Waals surface area contributed by atoms with Crippen molar-refractivity contribution in [3.63, 3.8) is 0 Å². The summed E-state index contributed by atoms with van der Waals surface area (Å²) in [5, 5.41) is 9.74. The van der Waals surface area contributed by atoms with E-state index in [2.05, 4.69) is 23.6 Å². The van der Waals surface area contributed by atoms with Gasteiger partial charge in [-0.25, -0.2) is 0 Å². The van der Waals surface area contributed by atoms with Gasteiger partial charge in [0, 0.05) is 32.2 Å². The van der Waals surface area contributed by atoms with E-state index in [0.717, 1.165) is 32.7 Å². The molecule has 0 radical (unpaired) electrons. The maximum Gasteiger partial charge on any atom is 0.161 e. The summed E-state index contributed by atoms with van der Waals surface area (Å²) in [5.74, 6) is 0.810. The van der Waals surface area contributed by atoms with Crippen LogP contribution < -0.4 is 4.74 Å². The molecule has 1 aliphatic heterocycles. The number of likely N-dealkylation sites (N-methyl/N-ethyl adjacent to an activating group) is 1. The van der Waals surface area contributed by atoms with Crippen molar-refractivity contribution in [1.82, 2.24) is 9.80 Å². The highest BCUT2D eigenvalue weighted by Crippen LogP contribution is 2.27. The molecule has 1 unspecified atom stereocenters. The zero-order valence-electron chi connectivity index (χ0n) is 12.8. The summed E-state index contributed by atoms with van der Waals surface area (Å²) >= 11 is 0. The van der Waals surface area contributed by atoms with Crippen LogP contribution in [0.4, 0.5) is 0 Å². The van der Waals surface area contributed by atoms with Crippen LogP contribution in [0, 0.1) is 0 Å². The van der Waals surface area contributed by atoms with Gasteiger partial charge in [-0.1, -0.05) is 13.0 Å². The summed E-state index contributed by atoms with van der Waals surface area (Å²) in [6, 6.07) is 6.27. The van der Waals surface area contributed by atoms with E-state index < -0.39 is 0 Å². The van der Waals surface area contributed by atoms with Crippen LogP contribution in [0.3, 0.4) is 0 Å². The molecule has 20 heavy (non-hydrogen) atoms. The van der Waals surface area contributed by atoms with E-state index in [0.29, 0.717) is 18.4 Å². The van der Waals surface area contributed by atoms with E-state index in [4.69, 9.17) is 4.74 Å². The van der Waals surface area contributed by atoms with Crippen molar-refractivity contribution in [2.45, 2.75) is 33.4 Å². The van der Waals surface area contributed by atoms with Gasteiger partial charge >= 0.3 is 0 Å². The molecule has 0 amide bonds. The lowest BCUT2D eigenvalue weighted by Crippen LogP contribution is -2.51. The Labute approximate surface area is 122 Å². The smallest absolute Gasteiger partial charge is 0.161 e. The third kappa shape index (κ3) is 3.64. The van der Waals surface area contributed by atoms with Gasteiger partial charge in [0.05, 0.1) is 6.61 Å². The molecule has 4 nitrogen and oxygen atoms in total. The third-order valence-corrected chi connectivity index (χ3v) is 3.99. The highest BCUT2D eigenvalue weighted by atomic mass is 16.5. The second-order valence-electron chi connectivity index (χ2n) is 5.45. The Morgan fingerprint density at radius 3 is 2.75 bits per heavy atom. The van der Waals surface area contributed by atoms with Gasteiger partial charge in [-0.05, 0) is 38.1 Å². The normalized spacial score (nSPS) is 21.1. The molecule has 1 heterocycles. The summed E-state index contributed by atoms with van der Waals surface area (Å²) < 4.78 is 5.45. The first-order valence-corrected chi connectivity index (χ1v) is 7.55. The van der Waals surface area contributed by atoms with Crippen LogP contribution in [0.5, 0.6) is 11.5 Å². The largest absolute Gasteiger partial charge is 0.504 e. The zero-order valence-corrected chi connectivity index (χ0v) is 12.8. The molecule has 112 valence electrons. The van der Waals surface area contributed by atoms with E-state index in [1.54, 1.807) is 6.07 Å². The van der Waals surface area contributed by atoms with Gasteiger partial charge in [-0.2, -0.15) is 0 Å². The predicted octanol–water partition coefficient (Wildman–Crippen LogP) is 2.32.